The molecule has 0 atom stereocenters. The Labute approximate surface area is 151 Å². The molecular formula is C18H17Cl2N3O. The number of aryl methyl sites for hydroxylation is 1. The summed E-state index contributed by atoms with van der Waals surface area (Å²) in [6.07, 6.45) is 3.60. The number of fused-ring (bicyclic) bond motifs is 1. The van der Waals surface area contributed by atoms with Gasteiger partial charge >= 0.3 is 0 Å². The molecule has 2 aromatic carbocycles. The van der Waals surface area contributed by atoms with Gasteiger partial charge in [0, 0.05) is 17.8 Å². The summed E-state index contributed by atoms with van der Waals surface area (Å²) in [5.41, 5.74) is 5.61. The highest BCUT2D eigenvalue weighted by molar-refractivity contribution is 6.43. The van der Waals surface area contributed by atoms with Crippen LogP contribution in [-0.2, 0) is 11.2 Å². The van der Waals surface area contributed by atoms with Gasteiger partial charge in [-0.2, -0.15) is 5.10 Å². The third-order valence-corrected chi connectivity index (χ3v) is 4.75. The number of rotatable bonds is 4. The lowest BCUT2D eigenvalue weighted by Gasteiger charge is -2.30. The summed E-state index contributed by atoms with van der Waals surface area (Å²) in [5, 5.41) is 4.84. The van der Waals surface area contributed by atoms with Crippen LogP contribution >= 0.6 is 23.2 Å². The van der Waals surface area contributed by atoms with Gasteiger partial charge in [0.05, 0.1) is 22.8 Å². The molecule has 6 heteroatoms. The van der Waals surface area contributed by atoms with E-state index in [1.165, 1.54) is 11.8 Å². The van der Waals surface area contributed by atoms with Gasteiger partial charge in [-0.25, -0.2) is 5.43 Å². The van der Waals surface area contributed by atoms with Crippen LogP contribution in [0.1, 0.15) is 17.5 Å². The Balaban J connectivity index is 1.61. The fourth-order valence-electron chi connectivity index (χ4n) is 2.78. The molecule has 0 fully saturated rings. The van der Waals surface area contributed by atoms with Crippen LogP contribution in [0.3, 0.4) is 0 Å². The average Bonchev–Trinajstić information content (AvgIpc) is 2.59. The van der Waals surface area contributed by atoms with E-state index >= 15 is 0 Å². The van der Waals surface area contributed by atoms with Crippen molar-refractivity contribution in [1.29, 1.82) is 0 Å². The van der Waals surface area contributed by atoms with Crippen molar-refractivity contribution in [2.75, 3.05) is 18.0 Å². The molecule has 0 saturated carbocycles. The van der Waals surface area contributed by atoms with Crippen LogP contribution in [0, 0.1) is 0 Å². The number of halogens is 2. The van der Waals surface area contributed by atoms with Crippen molar-refractivity contribution in [3.63, 3.8) is 0 Å². The molecule has 1 N–H and O–H groups in total. The van der Waals surface area contributed by atoms with Gasteiger partial charge in [-0.15, -0.1) is 0 Å². The number of hydrogen-bond donors (Lipinski definition) is 1. The molecule has 124 valence electrons. The third-order valence-electron chi connectivity index (χ3n) is 3.92. The molecule has 0 radical (unpaired) electrons. The maximum Gasteiger partial charge on any atom is 0.259 e. The number of hydrazone groups is 1. The maximum atomic E-state index is 12.1. The first-order chi connectivity index (χ1) is 11.6. The van der Waals surface area contributed by atoms with Crippen molar-refractivity contribution in [3.8, 4) is 0 Å². The van der Waals surface area contributed by atoms with Gasteiger partial charge in [0.15, 0.2) is 0 Å². The molecule has 0 unspecified atom stereocenters. The fourth-order valence-corrected chi connectivity index (χ4v) is 3.14. The first-order valence-corrected chi connectivity index (χ1v) is 8.49. The van der Waals surface area contributed by atoms with Crippen LogP contribution < -0.4 is 10.3 Å². The third kappa shape index (κ3) is 3.89. The fraction of sp³-hybridized carbons (Fsp3) is 0.222. The van der Waals surface area contributed by atoms with Gasteiger partial charge in [-0.1, -0.05) is 53.5 Å². The Morgan fingerprint density at radius 1 is 1.21 bits per heavy atom. The first-order valence-electron chi connectivity index (χ1n) is 7.74. The van der Waals surface area contributed by atoms with Crippen LogP contribution in [0.2, 0.25) is 10.0 Å². The SMILES string of the molecule is O=C(CN1CCCc2ccccc21)N/N=C/c1cccc(Cl)c1Cl. The number of amides is 1. The second-order valence-electron chi connectivity index (χ2n) is 5.59. The van der Waals surface area contributed by atoms with Gasteiger partial charge in [-0.05, 0) is 30.5 Å². The molecule has 0 saturated heterocycles. The normalized spacial score (nSPS) is 13.8. The Morgan fingerprint density at radius 3 is 2.92 bits per heavy atom. The minimum absolute atomic E-state index is 0.166. The van der Waals surface area contributed by atoms with Crippen molar-refractivity contribution in [2.45, 2.75) is 12.8 Å². The second-order valence-corrected chi connectivity index (χ2v) is 6.38. The van der Waals surface area contributed by atoms with Gasteiger partial charge in [0.1, 0.15) is 0 Å². The van der Waals surface area contributed by atoms with E-state index in [0.29, 0.717) is 15.6 Å². The molecule has 4 nitrogen and oxygen atoms in total. The van der Waals surface area contributed by atoms with Crippen LogP contribution in [0.5, 0.6) is 0 Å². The zero-order valence-corrected chi connectivity index (χ0v) is 14.5. The average molecular weight is 362 g/mol. The highest BCUT2D eigenvalue weighted by atomic mass is 35.5. The number of hydrogen-bond acceptors (Lipinski definition) is 3. The number of nitrogens with zero attached hydrogens (tertiary/aromatic N) is 2. The van der Waals surface area contributed by atoms with Gasteiger partial charge < -0.3 is 4.90 Å². The van der Waals surface area contributed by atoms with Crippen molar-refractivity contribution in [1.82, 2.24) is 5.43 Å². The molecule has 0 bridgehead atoms. The molecule has 0 spiro atoms. The van der Waals surface area contributed by atoms with Crippen LogP contribution in [0.15, 0.2) is 47.6 Å². The summed E-state index contributed by atoms with van der Waals surface area (Å²) in [5.74, 6) is -0.166. The lowest BCUT2D eigenvalue weighted by molar-refractivity contribution is -0.119. The molecule has 0 aromatic heterocycles. The number of carbonyl (C=O) groups is 1. The van der Waals surface area contributed by atoms with E-state index in [0.717, 1.165) is 25.1 Å². The summed E-state index contributed by atoms with van der Waals surface area (Å²) < 4.78 is 0. The Hall–Kier alpha value is -2.04. The molecule has 1 aliphatic heterocycles. The van der Waals surface area contributed by atoms with Crippen LogP contribution in [0.25, 0.3) is 0 Å². The van der Waals surface area contributed by atoms with Gasteiger partial charge in [-0.3, -0.25) is 4.79 Å². The highest BCUT2D eigenvalue weighted by Crippen LogP contribution is 2.26. The number of nitrogens with one attached hydrogen (secondary N) is 1. The number of para-hydroxylation sites is 1. The van der Waals surface area contributed by atoms with Crippen LogP contribution in [0.4, 0.5) is 5.69 Å². The molecular weight excluding hydrogens is 345 g/mol. The van der Waals surface area contributed by atoms with Crippen molar-refractivity contribution >= 4 is 41.0 Å². The molecule has 1 heterocycles. The van der Waals surface area contributed by atoms with E-state index in [4.69, 9.17) is 23.2 Å². The molecule has 24 heavy (non-hydrogen) atoms. The molecule has 0 aliphatic carbocycles. The summed E-state index contributed by atoms with van der Waals surface area (Å²) >= 11 is 12.0. The second kappa shape index (κ2) is 7.69. The maximum absolute atomic E-state index is 12.1. The van der Waals surface area contributed by atoms with Gasteiger partial charge in [0.25, 0.3) is 5.91 Å². The largest absolute Gasteiger partial charge is 0.362 e. The van der Waals surface area contributed by atoms with Crippen molar-refractivity contribution in [2.24, 2.45) is 5.10 Å². The summed E-state index contributed by atoms with van der Waals surface area (Å²) in [7, 11) is 0. The van der Waals surface area contributed by atoms with Crippen molar-refractivity contribution < 1.29 is 4.79 Å². The van der Waals surface area contributed by atoms with E-state index in [2.05, 4.69) is 27.6 Å². The predicted octanol–water partition coefficient (Wildman–Crippen LogP) is 3.90. The van der Waals surface area contributed by atoms with E-state index in [1.807, 2.05) is 12.1 Å². The first kappa shape index (κ1) is 16.8. The zero-order valence-electron chi connectivity index (χ0n) is 13.0. The van der Waals surface area contributed by atoms with Gasteiger partial charge in [0.2, 0.25) is 0 Å². The summed E-state index contributed by atoms with van der Waals surface area (Å²) in [4.78, 5) is 14.2. The van der Waals surface area contributed by atoms with E-state index in [9.17, 15) is 4.79 Å². The lowest BCUT2D eigenvalue weighted by Crippen LogP contribution is -2.38. The van der Waals surface area contributed by atoms with E-state index in [1.54, 1.807) is 18.2 Å². The summed E-state index contributed by atoms with van der Waals surface area (Å²) in [6, 6.07) is 13.5. The Bertz CT molecular complexity index is 777. The number of anilines is 1. The quantitative estimate of drug-likeness (QED) is 0.662. The number of carbonyl (C=O) groups excluding carboxylic acids is 1. The van der Waals surface area contributed by atoms with E-state index < -0.39 is 0 Å². The predicted molar refractivity (Wildman–Crippen MR) is 99.2 cm³/mol. The van der Waals surface area contributed by atoms with Crippen LogP contribution in [-0.4, -0.2) is 25.2 Å². The summed E-state index contributed by atoms with van der Waals surface area (Å²) in [6.45, 7) is 1.14. The Morgan fingerprint density at radius 2 is 2.04 bits per heavy atom. The smallest absolute Gasteiger partial charge is 0.259 e. The van der Waals surface area contributed by atoms with E-state index in [-0.39, 0.29) is 12.5 Å². The molecule has 1 aliphatic rings. The highest BCUT2D eigenvalue weighted by Gasteiger charge is 2.18. The zero-order chi connectivity index (χ0) is 16.9. The molecule has 3 rings (SSSR count). The number of benzene rings is 2. The monoisotopic (exact) mass is 361 g/mol. The molecule has 1 amide bonds. The minimum atomic E-state index is -0.166. The minimum Gasteiger partial charge on any atom is -0.362 e. The van der Waals surface area contributed by atoms with Crippen molar-refractivity contribution in [3.05, 3.63) is 63.6 Å². The standard InChI is InChI=1S/C18H17Cl2N3O/c19-15-8-3-6-14(18(15)20)11-21-22-17(24)12-23-10-4-7-13-5-1-2-9-16(13)23/h1-3,5-6,8-9,11H,4,7,10,12H2,(H,22,24)/b21-11+. The molecule has 2 aromatic rings. The topological polar surface area (TPSA) is 44.7 Å². The Kier molecular flexibility index (Phi) is 5.38. The lowest BCUT2D eigenvalue weighted by atomic mass is 10.0.